The van der Waals surface area contributed by atoms with Gasteiger partial charge in [-0.15, -0.1) is 0 Å². The molecule has 35 heavy (non-hydrogen) atoms. The zero-order valence-corrected chi connectivity index (χ0v) is 22.2. The van der Waals surface area contributed by atoms with E-state index in [1.54, 1.807) is 29.8 Å². The molecule has 2 aliphatic rings. The quantitative estimate of drug-likeness (QED) is 0.315. The second-order valence-corrected chi connectivity index (χ2v) is 15.9. The molecule has 3 heterocycles. The first-order chi connectivity index (χ1) is 16.6. The molecule has 1 aromatic carbocycles. The minimum Gasteiger partial charge on any atom is -0.461 e. The second-order valence-electron chi connectivity index (χ2n) is 10.3. The summed E-state index contributed by atoms with van der Waals surface area (Å²) < 4.78 is 12.5. The number of rotatable bonds is 8. The van der Waals surface area contributed by atoms with Gasteiger partial charge in [-0.2, -0.15) is 5.10 Å². The maximum atomic E-state index is 13.7. The molecule has 1 aromatic heterocycles. The Morgan fingerprint density at radius 1 is 1.11 bits per heavy atom. The molecule has 0 saturated heterocycles. The van der Waals surface area contributed by atoms with E-state index in [1.807, 2.05) is 12.1 Å². The molecule has 0 unspecified atom stereocenters. The minimum absolute atomic E-state index is 0.0383. The Balaban J connectivity index is 1.64. The topological polar surface area (TPSA) is 94.0 Å². The van der Waals surface area contributed by atoms with E-state index >= 15 is 0 Å². The average molecular weight is 499 g/mol. The normalized spacial score (nSPS) is 15.8. The largest absolute Gasteiger partial charge is 0.461 e. The van der Waals surface area contributed by atoms with Crippen molar-refractivity contribution in [1.82, 2.24) is 14.7 Å². The van der Waals surface area contributed by atoms with Gasteiger partial charge in [-0.25, -0.2) is 9.48 Å². The molecule has 0 aliphatic carbocycles. The van der Waals surface area contributed by atoms with E-state index in [2.05, 4.69) is 24.7 Å². The maximum Gasteiger partial charge on any atom is 0.359 e. The van der Waals surface area contributed by atoms with Gasteiger partial charge in [0.05, 0.1) is 6.61 Å². The molecule has 0 atom stereocenters. The van der Waals surface area contributed by atoms with Crippen LogP contribution < -0.4 is 4.90 Å². The van der Waals surface area contributed by atoms with Gasteiger partial charge < -0.3 is 19.3 Å². The molecular formula is C25H34N4O5Si. The third-order valence-corrected chi connectivity index (χ3v) is 8.17. The van der Waals surface area contributed by atoms with Gasteiger partial charge in [0.2, 0.25) is 0 Å². The summed E-state index contributed by atoms with van der Waals surface area (Å²) in [6.07, 6.45) is 1.25. The predicted octanol–water partition coefficient (Wildman–Crippen LogP) is 3.20. The smallest absolute Gasteiger partial charge is 0.359 e. The number of esters is 1. The lowest BCUT2D eigenvalue weighted by Crippen LogP contribution is -2.40. The number of benzene rings is 1. The molecule has 0 radical (unpaired) electrons. The van der Waals surface area contributed by atoms with Crippen LogP contribution in [0, 0.1) is 0 Å². The molecule has 2 aromatic rings. The van der Waals surface area contributed by atoms with E-state index in [0.29, 0.717) is 48.6 Å². The summed E-state index contributed by atoms with van der Waals surface area (Å²) in [5.41, 5.74) is 3.39. The van der Waals surface area contributed by atoms with Crippen molar-refractivity contribution >= 4 is 31.5 Å². The summed E-state index contributed by atoms with van der Waals surface area (Å²) in [4.78, 5) is 42.3. The van der Waals surface area contributed by atoms with Gasteiger partial charge >= 0.3 is 5.97 Å². The number of likely N-dealkylation sites (N-methyl/N-ethyl adjacent to an activating group) is 1. The number of ether oxygens (including phenoxy) is 2. The van der Waals surface area contributed by atoms with E-state index in [0.717, 1.165) is 18.0 Å². The molecule has 0 bridgehead atoms. The first-order valence-corrected chi connectivity index (χ1v) is 15.9. The number of carbonyl (C=O) groups is 3. The Labute approximate surface area is 207 Å². The van der Waals surface area contributed by atoms with Crippen LogP contribution in [-0.2, 0) is 29.0 Å². The van der Waals surface area contributed by atoms with Gasteiger partial charge in [-0.1, -0.05) is 25.7 Å². The molecule has 0 spiro atoms. The van der Waals surface area contributed by atoms with Gasteiger partial charge in [-0.3, -0.25) is 9.59 Å². The van der Waals surface area contributed by atoms with Crippen molar-refractivity contribution in [3.63, 3.8) is 0 Å². The van der Waals surface area contributed by atoms with Crippen molar-refractivity contribution < 1.29 is 23.9 Å². The summed E-state index contributed by atoms with van der Waals surface area (Å²) in [5.74, 6) is -0.836. The number of fused-ring (bicyclic) bond motifs is 2. The standard InChI is InChI=1S/C25H34N4O5Si/c1-6-34-25(32)21-19-10-12-28(18-8-7-17-9-11-27(2)23(30)20(17)15-18)24(31)22(19)29(26-21)16-33-13-14-35(3,4)5/h7-8,15H,6,9-14,16H2,1-5H3. The van der Waals surface area contributed by atoms with Crippen molar-refractivity contribution in [3.05, 3.63) is 46.3 Å². The van der Waals surface area contributed by atoms with Crippen molar-refractivity contribution in [2.45, 2.75) is 52.2 Å². The van der Waals surface area contributed by atoms with Gasteiger partial charge in [-0.05, 0) is 43.5 Å². The number of aromatic nitrogens is 2. The first kappa shape index (κ1) is 25.1. The SMILES string of the molecule is CCOC(=O)c1nn(COCC[Si](C)(C)C)c2c1CCN(c1ccc3c(c1)C(=O)N(C)CC3)C2=O. The number of carbonyl (C=O) groups excluding carboxylic acids is 3. The van der Waals surface area contributed by atoms with Crippen LogP contribution in [0.25, 0.3) is 0 Å². The number of hydrogen-bond donors (Lipinski definition) is 0. The molecule has 10 heteroatoms. The number of amides is 2. The first-order valence-electron chi connectivity index (χ1n) is 12.2. The van der Waals surface area contributed by atoms with Crippen LogP contribution in [0.15, 0.2) is 18.2 Å². The maximum absolute atomic E-state index is 13.7. The Morgan fingerprint density at radius 3 is 2.60 bits per heavy atom. The summed E-state index contributed by atoms with van der Waals surface area (Å²) in [6.45, 7) is 10.5. The molecule has 0 N–H and O–H groups in total. The summed E-state index contributed by atoms with van der Waals surface area (Å²) in [5, 5.41) is 4.44. The Morgan fingerprint density at radius 2 is 1.89 bits per heavy atom. The minimum atomic E-state index is -1.27. The second kappa shape index (κ2) is 9.94. The monoisotopic (exact) mass is 498 g/mol. The third kappa shape index (κ3) is 5.18. The van der Waals surface area contributed by atoms with Gasteiger partial charge in [0.15, 0.2) is 5.69 Å². The van der Waals surface area contributed by atoms with Crippen molar-refractivity contribution in [2.24, 2.45) is 0 Å². The number of hydrogen-bond acceptors (Lipinski definition) is 6. The lowest BCUT2D eigenvalue weighted by atomic mass is 9.97. The van der Waals surface area contributed by atoms with Gasteiger partial charge in [0.1, 0.15) is 12.4 Å². The highest BCUT2D eigenvalue weighted by Gasteiger charge is 2.36. The molecule has 2 amide bonds. The van der Waals surface area contributed by atoms with Crippen LogP contribution in [0.3, 0.4) is 0 Å². The third-order valence-electron chi connectivity index (χ3n) is 6.46. The molecule has 2 aliphatic heterocycles. The van der Waals surface area contributed by atoms with Crippen LogP contribution in [0.5, 0.6) is 0 Å². The van der Waals surface area contributed by atoms with E-state index in [9.17, 15) is 14.4 Å². The highest BCUT2D eigenvalue weighted by molar-refractivity contribution is 6.76. The van der Waals surface area contributed by atoms with Crippen LogP contribution in [0.2, 0.25) is 25.7 Å². The van der Waals surface area contributed by atoms with Crippen LogP contribution in [0.1, 0.15) is 49.4 Å². The van der Waals surface area contributed by atoms with E-state index in [1.165, 1.54) is 4.68 Å². The fraction of sp³-hybridized carbons (Fsp3) is 0.520. The van der Waals surface area contributed by atoms with Crippen LogP contribution in [0.4, 0.5) is 5.69 Å². The number of anilines is 1. The molecule has 0 saturated carbocycles. The summed E-state index contributed by atoms with van der Waals surface area (Å²) >= 11 is 0. The summed E-state index contributed by atoms with van der Waals surface area (Å²) in [6, 6.07) is 6.60. The zero-order valence-electron chi connectivity index (χ0n) is 21.2. The van der Waals surface area contributed by atoms with Gasteiger partial charge in [0, 0.05) is 51.6 Å². The molecule has 4 rings (SSSR count). The fourth-order valence-corrected chi connectivity index (χ4v) is 5.16. The molecule has 0 fully saturated rings. The van der Waals surface area contributed by atoms with E-state index in [4.69, 9.17) is 9.47 Å². The fourth-order valence-electron chi connectivity index (χ4n) is 4.41. The van der Waals surface area contributed by atoms with Crippen molar-refractivity contribution in [1.29, 1.82) is 0 Å². The van der Waals surface area contributed by atoms with Crippen LogP contribution >= 0.6 is 0 Å². The van der Waals surface area contributed by atoms with Gasteiger partial charge in [0.25, 0.3) is 11.8 Å². The predicted molar refractivity (Wildman–Crippen MR) is 135 cm³/mol. The highest BCUT2D eigenvalue weighted by atomic mass is 28.3. The zero-order chi connectivity index (χ0) is 25.3. The van der Waals surface area contributed by atoms with E-state index in [-0.39, 0.29) is 30.8 Å². The summed E-state index contributed by atoms with van der Waals surface area (Å²) in [7, 11) is 0.512. The molecule has 188 valence electrons. The highest BCUT2D eigenvalue weighted by Crippen LogP contribution is 2.30. The molecule has 9 nitrogen and oxygen atoms in total. The lowest BCUT2D eigenvalue weighted by molar-refractivity contribution is 0.0508. The van der Waals surface area contributed by atoms with Crippen molar-refractivity contribution in [3.8, 4) is 0 Å². The molecular weight excluding hydrogens is 464 g/mol. The Kier molecular flexibility index (Phi) is 7.14. The average Bonchev–Trinajstić information content (AvgIpc) is 3.18. The Hall–Kier alpha value is -2.98. The lowest BCUT2D eigenvalue weighted by Gasteiger charge is -2.30. The number of nitrogens with zero attached hydrogens (tertiary/aromatic N) is 4. The van der Waals surface area contributed by atoms with Crippen LogP contribution in [-0.4, -0.2) is 73.9 Å². The van der Waals surface area contributed by atoms with E-state index < -0.39 is 14.0 Å². The van der Waals surface area contributed by atoms with Crippen molar-refractivity contribution in [2.75, 3.05) is 38.3 Å². The Bertz CT molecular complexity index is 1150.